The third-order valence-electron chi connectivity index (χ3n) is 2.71. The number of benzene rings is 1. The Hall–Kier alpha value is -1.11. The summed E-state index contributed by atoms with van der Waals surface area (Å²) in [6.07, 6.45) is 3.28. The highest BCUT2D eigenvalue weighted by atomic mass is 16.1. The van der Waals surface area contributed by atoms with Gasteiger partial charge in [0.05, 0.1) is 0 Å². The molecule has 0 amide bonds. The predicted molar refractivity (Wildman–Crippen MR) is 64.2 cm³/mol. The van der Waals surface area contributed by atoms with Crippen LogP contribution in [-0.4, -0.2) is 5.78 Å². The third-order valence-corrected chi connectivity index (χ3v) is 2.71. The predicted octanol–water partition coefficient (Wildman–Crippen LogP) is 3.61. The minimum Gasteiger partial charge on any atom is -0.300 e. The Morgan fingerprint density at radius 1 is 1.20 bits per heavy atom. The van der Waals surface area contributed by atoms with Crippen LogP contribution < -0.4 is 0 Å². The van der Waals surface area contributed by atoms with E-state index in [2.05, 4.69) is 39.0 Å². The molecule has 0 fully saturated rings. The van der Waals surface area contributed by atoms with Gasteiger partial charge in [0, 0.05) is 12.8 Å². The van der Waals surface area contributed by atoms with Gasteiger partial charge >= 0.3 is 0 Å². The second kappa shape index (κ2) is 5.69. The van der Waals surface area contributed by atoms with Crippen molar-refractivity contribution in [3.63, 3.8) is 0 Å². The number of carbonyl (C=O) groups is 1. The Kier molecular flexibility index (Phi) is 4.54. The summed E-state index contributed by atoms with van der Waals surface area (Å²) in [5.41, 5.74) is 3.89. The molecular weight excluding hydrogens is 184 g/mol. The largest absolute Gasteiger partial charge is 0.300 e. The number of ketones is 1. The zero-order valence-corrected chi connectivity index (χ0v) is 9.97. The lowest BCUT2D eigenvalue weighted by molar-refractivity contribution is -0.119. The molecule has 0 aliphatic rings. The number of hydrogen-bond donors (Lipinski definition) is 0. The monoisotopic (exact) mass is 204 g/mol. The highest BCUT2D eigenvalue weighted by Crippen LogP contribution is 2.13. The van der Waals surface area contributed by atoms with Gasteiger partial charge in [-0.15, -0.1) is 0 Å². The molecule has 0 bridgehead atoms. The van der Waals surface area contributed by atoms with E-state index in [-0.39, 0.29) is 0 Å². The lowest BCUT2D eigenvalue weighted by Crippen LogP contribution is -2.00. The molecule has 15 heavy (non-hydrogen) atoms. The zero-order valence-electron chi connectivity index (χ0n) is 9.97. The van der Waals surface area contributed by atoms with Crippen LogP contribution in [0.25, 0.3) is 0 Å². The molecule has 1 aromatic carbocycles. The minimum atomic E-state index is 0.387. The zero-order chi connectivity index (χ0) is 11.3. The van der Waals surface area contributed by atoms with Crippen LogP contribution >= 0.6 is 0 Å². The average molecular weight is 204 g/mol. The van der Waals surface area contributed by atoms with Crippen LogP contribution in [0, 0.1) is 13.8 Å². The minimum absolute atomic E-state index is 0.387. The van der Waals surface area contributed by atoms with Crippen LogP contribution in [0.3, 0.4) is 0 Å². The normalized spacial score (nSPS) is 10.3. The highest BCUT2D eigenvalue weighted by Gasteiger charge is 2.03. The van der Waals surface area contributed by atoms with Crippen molar-refractivity contribution in [2.24, 2.45) is 0 Å². The van der Waals surface area contributed by atoms with E-state index in [1.165, 1.54) is 16.7 Å². The molecule has 0 aliphatic heterocycles. The third kappa shape index (κ3) is 3.86. The topological polar surface area (TPSA) is 17.1 Å². The number of rotatable bonds is 5. The summed E-state index contributed by atoms with van der Waals surface area (Å²) in [7, 11) is 0. The fourth-order valence-corrected chi connectivity index (χ4v) is 1.75. The van der Waals surface area contributed by atoms with Gasteiger partial charge in [-0.2, -0.15) is 0 Å². The average Bonchev–Trinajstić information content (AvgIpc) is 2.20. The first-order valence-corrected chi connectivity index (χ1v) is 5.71. The van der Waals surface area contributed by atoms with Gasteiger partial charge in [0.1, 0.15) is 5.78 Å². The number of carbonyl (C=O) groups excluding carboxylic acids is 1. The Morgan fingerprint density at radius 2 is 1.93 bits per heavy atom. The van der Waals surface area contributed by atoms with Crippen molar-refractivity contribution in [3.05, 3.63) is 34.9 Å². The standard InChI is InChI=1S/C14H20O/c1-4-5-14(15)9-8-13-10-11(2)6-7-12(13)3/h6-7,10H,4-5,8-9H2,1-3H3. The quantitative estimate of drug-likeness (QED) is 0.716. The van der Waals surface area contributed by atoms with Crippen LogP contribution in [-0.2, 0) is 11.2 Å². The molecule has 0 spiro atoms. The number of hydrogen-bond acceptors (Lipinski definition) is 1. The van der Waals surface area contributed by atoms with Crippen molar-refractivity contribution in [2.75, 3.05) is 0 Å². The molecule has 1 aromatic rings. The van der Waals surface area contributed by atoms with Crippen molar-refractivity contribution < 1.29 is 4.79 Å². The van der Waals surface area contributed by atoms with Gasteiger partial charge < -0.3 is 0 Å². The maximum atomic E-state index is 11.4. The van der Waals surface area contributed by atoms with E-state index in [1.807, 2.05) is 0 Å². The molecule has 0 saturated heterocycles. The van der Waals surface area contributed by atoms with E-state index in [0.29, 0.717) is 12.2 Å². The molecule has 1 rings (SSSR count). The van der Waals surface area contributed by atoms with Crippen LogP contribution in [0.15, 0.2) is 18.2 Å². The van der Waals surface area contributed by atoms with Crippen molar-refractivity contribution in [3.8, 4) is 0 Å². The molecule has 0 atom stereocenters. The van der Waals surface area contributed by atoms with E-state index in [0.717, 1.165) is 19.3 Å². The molecule has 0 aliphatic carbocycles. The van der Waals surface area contributed by atoms with Crippen LogP contribution in [0.4, 0.5) is 0 Å². The van der Waals surface area contributed by atoms with Gasteiger partial charge in [-0.05, 0) is 37.8 Å². The fraction of sp³-hybridized carbons (Fsp3) is 0.500. The van der Waals surface area contributed by atoms with Gasteiger partial charge in [0.25, 0.3) is 0 Å². The van der Waals surface area contributed by atoms with E-state index in [9.17, 15) is 4.79 Å². The molecule has 0 N–H and O–H groups in total. The summed E-state index contributed by atoms with van der Waals surface area (Å²) in [5.74, 6) is 0.387. The Labute approximate surface area is 92.5 Å². The van der Waals surface area contributed by atoms with E-state index in [4.69, 9.17) is 0 Å². The molecule has 0 unspecified atom stereocenters. The molecular formula is C14H20O. The van der Waals surface area contributed by atoms with E-state index in [1.54, 1.807) is 0 Å². The van der Waals surface area contributed by atoms with Crippen molar-refractivity contribution in [2.45, 2.75) is 46.5 Å². The summed E-state index contributed by atoms with van der Waals surface area (Å²) in [4.78, 5) is 11.4. The Bertz CT molecular complexity index is 339. The van der Waals surface area contributed by atoms with Crippen molar-refractivity contribution in [1.29, 1.82) is 0 Å². The maximum Gasteiger partial charge on any atom is 0.133 e. The summed E-state index contributed by atoms with van der Waals surface area (Å²) in [6, 6.07) is 6.44. The molecule has 0 radical (unpaired) electrons. The van der Waals surface area contributed by atoms with Crippen LogP contribution in [0.5, 0.6) is 0 Å². The first-order valence-electron chi connectivity index (χ1n) is 5.71. The molecule has 0 heterocycles. The van der Waals surface area contributed by atoms with E-state index < -0.39 is 0 Å². The first-order chi connectivity index (χ1) is 7.13. The van der Waals surface area contributed by atoms with Gasteiger partial charge in [0.2, 0.25) is 0 Å². The SMILES string of the molecule is CCCC(=O)CCc1cc(C)ccc1C. The lowest BCUT2D eigenvalue weighted by Gasteiger charge is -2.06. The summed E-state index contributed by atoms with van der Waals surface area (Å²) in [6.45, 7) is 6.26. The number of Topliss-reactive ketones (excluding diaryl/α,β-unsaturated/α-hetero) is 1. The van der Waals surface area contributed by atoms with Gasteiger partial charge in [-0.1, -0.05) is 30.7 Å². The van der Waals surface area contributed by atoms with E-state index >= 15 is 0 Å². The van der Waals surface area contributed by atoms with Crippen molar-refractivity contribution >= 4 is 5.78 Å². The smallest absolute Gasteiger partial charge is 0.133 e. The maximum absolute atomic E-state index is 11.4. The lowest BCUT2D eigenvalue weighted by atomic mass is 9.99. The molecule has 0 aromatic heterocycles. The highest BCUT2D eigenvalue weighted by molar-refractivity contribution is 5.78. The van der Waals surface area contributed by atoms with Gasteiger partial charge in [-0.25, -0.2) is 0 Å². The summed E-state index contributed by atoms with van der Waals surface area (Å²) < 4.78 is 0. The Morgan fingerprint density at radius 3 is 2.60 bits per heavy atom. The van der Waals surface area contributed by atoms with Crippen LogP contribution in [0.2, 0.25) is 0 Å². The Balaban J connectivity index is 2.57. The summed E-state index contributed by atoms with van der Waals surface area (Å²) >= 11 is 0. The van der Waals surface area contributed by atoms with Crippen molar-refractivity contribution in [1.82, 2.24) is 0 Å². The fourth-order valence-electron chi connectivity index (χ4n) is 1.75. The van der Waals surface area contributed by atoms with Gasteiger partial charge in [-0.3, -0.25) is 4.79 Å². The number of aryl methyl sites for hydroxylation is 3. The van der Waals surface area contributed by atoms with Gasteiger partial charge in [0.15, 0.2) is 0 Å². The molecule has 82 valence electrons. The molecule has 0 saturated carbocycles. The molecule has 1 nitrogen and oxygen atoms in total. The second-order valence-electron chi connectivity index (χ2n) is 4.22. The summed E-state index contributed by atoms with van der Waals surface area (Å²) in [5, 5.41) is 0. The van der Waals surface area contributed by atoms with Crippen LogP contribution in [0.1, 0.15) is 42.9 Å². The first kappa shape index (κ1) is 12.0. The molecule has 1 heteroatoms. The second-order valence-corrected chi connectivity index (χ2v) is 4.22.